The maximum atomic E-state index is 5.60. The van der Waals surface area contributed by atoms with E-state index in [0.717, 1.165) is 45.0 Å². The van der Waals surface area contributed by atoms with E-state index in [2.05, 4.69) is 17.6 Å². The summed E-state index contributed by atoms with van der Waals surface area (Å²) in [6.45, 7) is 7.19. The summed E-state index contributed by atoms with van der Waals surface area (Å²) in [5, 5.41) is 6.72. The molecule has 0 aliphatic heterocycles. The lowest BCUT2D eigenvalue weighted by atomic mass is 10.3. The second-order valence-corrected chi connectivity index (χ2v) is 3.97. The molecule has 1 aromatic rings. The Balaban J connectivity index is 1.85. The fourth-order valence-corrected chi connectivity index (χ4v) is 1.54. The Hall–Kier alpha value is -1.06. The zero-order valence-electron chi connectivity index (χ0n) is 10.7. The van der Waals surface area contributed by atoms with E-state index in [1.165, 1.54) is 6.42 Å². The zero-order valence-corrected chi connectivity index (χ0v) is 10.7. The minimum Gasteiger partial charge on any atom is -0.494 e. The summed E-state index contributed by atoms with van der Waals surface area (Å²) in [7, 11) is 0. The van der Waals surface area contributed by atoms with Gasteiger partial charge in [-0.05, 0) is 51.2 Å². The van der Waals surface area contributed by atoms with Gasteiger partial charge in [0.25, 0.3) is 0 Å². The molecule has 3 nitrogen and oxygen atoms in total. The normalized spacial score (nSPS) is 10.4. The van der Waals surface area contributed by atoms with E-state index < -0.39 is 0 Å². The van der Waals surface area contributed by atoms with Crippen molar-refractivity contribution in [3.05, 3.63) is 30.3 Å². The Labute approximate surface area is 105 Å². The van der Waals surface area contributed by atoms with Crippen molar-refractivity contribution in [2.45, 2.75) is 19.8 Å². The summed E-state index contributed by atoms with van der Waals surface area (Å²) in [6, 6.07) is 9.97. The van der Waals surface area contributed by atoms with Crippen molar-refractivity contribution in [2.75, 3.05) is 32.8 Å². The Bertz CT molecular complexity index is 264. The number of nitrogens with one attached hydrogen (secondary N) is 2. The largest absolute Gasteiger partial charge is 0.494 e. The zero-order chi connectivity index (χ0) is 12.2. The second kappa shape index (κ2) is 10.1. The smallest absolute Gasteiger partial charge is 0.119 e. The van der Waals surface area contributed by atoms with Crippen LogP contribution in [0.1, 0.15) is 19.8 Å². The molecule has 0 bridgehead atoms. The van der Waals surface area contributed by atoms with Crippen molar-refractivity contribution in [3.8, 4) is 5.75 Å². The van der Waals surface area contributed by atoms with Gasteiger partial charge in [-0.1, -0.05) is 25.1 Å². The summed E-state index contributed by atoms with van der Waals surface area (Å²) in [5.41, 5.74) is 0. The van der Waals surface area contributed by atoms with Gasteiger partial charge in [0.2, 0.25) is 0 Å². The van der Waals surface area contributed by atoms with E-state index in [9.17, 15) is 0 Å². The van der Waals surface area contributed by atoms with Crippen LogP contribution in [0, 0.1) is 0 Å². The maximum absolute atomic E-state index is 5.60. The van der Waals surface area contributed by atoms with E-state index in [0.29, 0.717) is 0 Å². The summed E-state index contributed by atoms with van der Waals surface area (Å²) in [5.74, 6) is 0.958. The molecule has 0 radical (unpaired) electrons. The molecule has 0 atom stereocenters. The standard InChI is InChI=1S/C14H24N2O/c1-2-15-10-6-11-16-12-7-13-17-14-8-4-3-5-9-14/h3-5,8-9,15-16H,2,6-7,10-13H2,1H3. The van der Waals surface area contributed by atoms with Gasteiger partial charge in [0.1, 0.15) is 5.75 Å². The molecular formula is C14H24N2O. The lowest BCUT2D eigenvalue weighted by Gasteiger charge is -2.07. The molecule has 0 saturated heterocycles. The lowest BCUT2D eigenvalue weighted by molar-refractivity contribution is 0.308. The predicted molar refractivity (Wildman–Crippen MR) is 72.6 cm³/mol. The third-order valence-corrected chi connectivity index (χ3v) is 2.47. The van der Waals surface area contributed by atoms with Crippen molar-refractivity contribution in [2.24, 2.45) is 0 Å². The molecule has 0 heterocycles. The highest BCUT2D eigenvalue weighted by Gasteiger charge is 1.92. The number of hydrogen-bond acceptors (Lipinski definition) is 3. The van der Waals surface area contributed by atoms with Crippen LogP contribution in [-0.2, 0) is 0 Å². The van der Waals surface area contributed by atoms with Gasteiger partial charge in [-0.25, -0.2) is 0 Å². The van der Waals surface area contributed by atoms with Crippen LogP contribution in [0.15, 0.2) is 30.3 Å². The van der Waals surface area contributed by atoms with Crippen LogP contribution >= 0.6 is 0 Å². The Kier molecular flexibility index (Phi) is 8.33. The van der Waals surface area contributed by atoms with Crippen molar-refractivity contribution >= 4 is 0 Å². The monoisotopic (exact) mass is 236 g/mol. The highest BCUT2D eigenvalue weighted by molar-refractivity contribution is 5.20. The van der Waals surface area contributed by atoms with Crippen LogP contribution in [0.3, 0.4) is 0 Å². The van der Waals surface area contributed by atoms with Crippen LogP contribution < -0.4 is 15.4 Å². The molecule has 0 saturated carbocycles. The fourth-order valence-electron chi connectivity index (χ4n) is 1.54. The molecule has 2 N–H and O–H groups in total. The van der Waals surface area contributed by atoms with Gasteiger partial charge >= 0.3 is 0 Å². The summed E-state index contributed by atoms with van der Waals surface area (Å²) >= 11 is 0. The molecule has 1 aromatic carbocycles. The third-order valence-electron chi connectivity index (χ3n) is 2.47. The van der Waals surface area contributed by atoms with Crippen molar-refractivity contribution in [1.29, 1.82) is 0 Å². The first-order valence-electron chi connectivity index (χ1n) is 6.52. The van der Waals surface area contributed by atoms with E-state index in [4.69, 9.17) is 4.74 Å². The first-order chi connectivity index (χ1) is 8.43. The minimum absolute atomic E-state index is 0.782. The summed E-state index contributed by atoms with van der Waals surface area (Å²) < 4.78 is 5.60. The van der Waals surface area contributed by atoms with Crippen LogP contribution in [0.2, 0.25) is 0 Å². The summed E-state index contributed by atoms with van der Waals surface area (Å²) in [4.78, 5) is 0. The maximum Gasteiger partial charge on any atom is 0.119 e. The average molecular weight is 236 g/mol. The molecule has 0 amide bonds. The van der Waals surface area contributed by atoms with Gasteiger partial charge < -0.3 is 15.4 Å². The van der Waals surface area contributed by atoms with Gasteiger partial charge in [0.05, 0.1) is 6.61 Å². The predicted octanol–water partition coefficient (Wildman–Crippen LogP) is 2.04. The first-order valence-corrected chi connectivity index (χ1v) is 6.52. The molecule has 0 fully saturated rings. The quantitative estimate of drug-likeness (QED) is 0.610. The molecule has 0 spiro atoms. The van der Waals surface area contributed by atoms with Crippen molar-refractivity contribution in [1.82, 2.24) is 10.6 Å². The third kappa shape index (κ3) is 7.77. The average Bonchev–Trinajstić information content (AvgIpc) is 2.38. The Morgan fingerprint density at radius 3 is 2.41 bits per heavy atom. The molecule has 0 unspecified atom stereocenters. The molecular weight excluding hydrogens is 212 g/mol. The molecule has 0 aromatic heterocycles. The number of benzene rings is 1. The van der Waals surface area contributed by atoms with Gasteiger partial charge in [-0.3, -0.25) is 0 Å². The number of rotatable bonds is 10. The first kappa shape index (κ1) is 14.0. The highest BCUT2D eigenvalue weighted by Crippen LogP contribution is 2.07. The molecule has 3 heteroatoms. The van der Waals surface area contributed by atoms with E-state index in [1.54, 1.807) is 0 Å². The number of ether oxygens (including phenoxy) is 1. The molecule has 96 valence electrons. The van der Waals surface area contributed by atoms with Crippen LogP contribution in [0.25, 0.3) is 0 Å². The second-order valence-electron chi connectivity index (χ2n) is 3.97. The van der Waals surface area contributed by atoms with Crippen LogP contribution in [0.4, 0.5) is 0 Å². The molecule has 0 aliphatic rings. The van der Waals surface area contributed by atoms with E-state index in [1.807, 2.05) is 30.3 Å². The van der Waals surface area contributed by atoms with Crippen LogP contribution in [-0.4, -0.2) is 32.8 Å². The minimum atomic E-state index is 0.782. The summed E-state index contributed by atoms with van der Waals surface area (Å²) in [6.07, 6.45) is 2.24. The van der Waals surface area contributed by atoms with Crippen molar-refractivity contribution in [3.63, 3.8) is 0 Å². The van der Waals surface area contributed by atoms with Crippen molar-refractivity contribution < 1.29 is 4.74 Å². The topological polar surface area (TPSA) is 33.3 Å². The van der Waals surface area contributed by atoms with E-state index in [-0.39, 0.29) is 0 Å². The molecule has 1 rings (SSSR count). The lowest BCUT2D eigenvalue weighted by Crippen LogP contribution is -2.23. The Morgan fingerprint density at radius 2 is 1.65 bits per heavy atom. The van der Waals surface area contributed by atoms with Gasteiger partial charge in [0, 0.05) is 0 Å². The van der Waals surface area contributed by atoms with Crippen LogP contribution in [0.5, 0.6) is 5.75 Å². The SMILES string of the molecule is CCNCCCNCCCOc1ccccc1. The van der Waals surface area contributed by atoms with Gasteiger partial charge in [0.15, 0.2) is 0 Å². The molecule has 0 aliphatic carbocycles. The van der Waals surface area contributed by atoms with Gasteiger partial charge in [-0.15, -0.1) is 0 Å². The van der Waals surface area contributed by atoms with E-state index >= 15 is 0 Å². The number of hydrogen-bond donors (Lipinski definition) is 2. The molecule has 17 heavy (non-hydrogen) atoms. The fraction of sp³-hybridized carbons (Fsp3) is 0.571. The van der Waals surface area contributed by atoms with Gasteiger partial charge in [-0.2, -0.15) is 0 Å². The Morgan fingerprint density at radius 1 is 0.941 bits per heavy atom. The highest BCUT2D eigenvalue weighted by atomic mass is 16.5. The number of para-hydroxylation sites is 1.